The molecule has 4 rings (SSSR count). The third kappa shape index (κ3) is 4.37. The van der Waals surface area contributed by atoms with Crippen molar-refractivity contribution in [3.63, 3.8) is 0 Å². The highest BCUT2D eigenvalue weighted by Crippen LogP contribution is 2.38. The minimum Gasteiger partial charge on any atom is -0.406 e. The van der Waals surface area contributed by atoms with Crippen LogP contribution in [0.4, 0.5) is 13.2 Å². The molecule has 2 aliphatic rings. The van der Waals surface area contributed by atoms with Gasteiger partial charge in [-0.2, -0.15) is 0 Å². The molecule has 0 bridgehead atoms. The largest absolute Gasteiger partial charge is 0.573 e. The number of carbonyl (C=O) groups excluding carboxylic acids is 1. The second kappa shape index (κ2) is 8.03. The number of likely N-dealkylation sites (N-methyl/N-ethyl adjacent to an activating group) is 1. The van der Waals surface area contributed by atoms with Crippen molar-refractivity contribution in [2.45, 2.75) is 44.1 Å². The Kier molecular flexibility index (Phi) is 5.97. The zero-order chi connectivity index (χ0) is 20.8. The van der Waals surface area contributed by atoms with Gasteiger partial charge in [-0.15, -0.1) is 25.6 Å². The maximum atomic E-state index is 12.5. The number of aryl methyl sites for hydroxylation is 1. The molecule has 1 amide bonds. The maximum Gasteiger partial charge on any atom is 0.573 e. The van der Waals surface area contributed by atoms with E-state index in [9.17, 15) is 18.0 Å². The van der Waals surface area contributed by atoms with Crippen LogP contribution in [0, 0.1) is 6.92 Å². The summed E-state index contributed by atoms with van der Waals surface area (Å²) in [6.45, 7) is 2.57. The first kappa shape index (κ1) is 22.3. The Hall–Kier alpha value is -2.39. The lowest BCUT2D eigenvalue weighted by Crippen LogP contribution is -2.47. The second-order valence-electron chi connectivity index (χ2n) is 7.62. The number of rotatable bonds is 3. The topological polar surface area (TPSA) is 67.3 Å². The Morgan fingerprint density at radius 1 is 1.20 bits per heavy atom. The molecule has 0 saturated carbocycles. The van der Waals surface area contributed by atoms with Crippen molar-refractivity contribution in [3.05, 3.63) is 41.9 Å². The summed E-state index contributed by atoms with van der Waals surface area (Å²) >= 11 is 0. The summed E-state index contributed by atoms with van der Waals surface area (Å²) < 4.78 is 40.9. The van der Waals surface area contributed by atoms with Crippen LogP contribution in [-0.2, 0) is 4.79 Å². The lowest BCUT2D eigenvalue weighted by molar-refractivity contribution is -0.274. The van der Waals surface area contributed by atoms with Gasteiger partial charge in [-0.3, -0.25) is 10.1 Å². The van der Waals surface area contributed by atoms with Crippen LogP contribution in [0.15, 0.2) is 30.3 Å². The van der Waals surface area contributed by atoms with Crippen LogP contribution in [0.25, 0.3) is 11.3 Å². The highest BCUT2D eigenvalue weighted by molar-refractivity contribution is 5.88. The van der Waals surface area contributed by atoms with Gasteiger partial charge >= 0.3 is 6.36 Å². The van der Waals surface area contributed by atoms with Crippen molar-refractivity contribution in [2.24, 2.45) is 0 Å². The fourth-order valence-electron chi connectivity index (χ4n) is 4.08. The molecule has 6 nitrogen and oxygen atoms in total. The first-order valence-electron chi connectivity index (χ1n) is 9.40. The summed E-state index contributed by atoms with van der Waals surface area (Å²) in [5.74, 6) is 0.415. The summed E-state index contributed by atoms with van der Waals surface area (Å²) in [5.41, 5.74) is 1.49. The zero-order valence-electron chi connectivity index (χ0n) is 16.5. The molecule has 1 spiro atoms. The molecule has 2 aromatic rings. The number of carbonyl (C=O) groups is 1. The molecule has 1 aromatic heterocycles. The van der Waals surface area contributed by atoms with Gasteiger partial charge in [0.2, 0.25) is 5.91 Å². The van der Waals surface area contributed by atoms with Crippen molar-refractivity contribution in [1.82, 2.24) is 20.2 Å². The monoisotopic (exact) mass is 442 g/mol. The Morgan fingerprint density at radius 2 is 1.90 bits per heavy atom. The Morgan fingerprint density at radius 3 is 2.50 bits per heavy atom. The minimum absolute atomic E-state index is 0. The third-order valence-electron chi connectivity index (χ3n) is 5.51. The highest BCUT2D eigenvalue weighted by Gasteiger charge is 2.50. The molecule has 162 valence electrons. The van der Waals surface area contributed by atoms with Gasteiger partial charge in [0, 0.05) is 24.8 Å². The average Bonchev–Trinajstić information content (AvgIpc) is 3.21. The van der Waals surface area contributed by atoms with Crippen molar-refractivity contribution < 1.29 is 22.7 Å². The second-order valence-corrected chi connectivity index (χ2v) is 7.62. The van der Waals surface area contributed by atoms with E-state index in [0.29, 0.717) is 17.1 Å². The molecule has 2 saturated heterocycles. The van der Waals surface area contributed by atoms with E-state index in [1.54, 1.807) is 18.0 Å². The molecule has 10 heteroatoms. The van der Waals surface area contributed by atoms with Crippen LogP contribution in [0.1, 0.15) is 36.8 Å². The first-order chi connectivity index (χ1) is 13.7. The molecule has 0 unspecified atom stereocenters. The standard InChI is InChI=1S/C20H21F3N4O2.ClH/c1-12-11-16(13-3-5-14(6-4-13)29-20(21,22)23)25-17(24-12)15-7-8-19(26-15)9-10-27(2)18(19)28;/h3-6,11,15,26H,7-10H2,1-2H3;1H/t15-,19-;/m1./s1. The number of nitrogens with zero attached hydrogens (tertiary/aromatic N) is 3. The van der Waals surface area contributed by atoms with Gasteiger partial charge < -0.3 is 9.64 Å². The number of aromatic nitrogens is 2. The lowest BCUT2D eigenvalue weighted by Gasteiger charge is -2.23. The van der Waals surface area contributed by atoms with Crippen molar-refractivity contribution in [3.8, 4) is 17.0 Å². The van der Waals surface area contributed by atoms with E-state index in [-0.39, 0.29) is 30.1 Å². The van der Waals surface area contributed by atoms with Crippen LogP contribution < -0.4 is 10.1 Å². The molecule has 2 fully saturated rings. The van der Waals surface area contributed by atoms with Crippen molar-refractivity contribution in [1.29, 1.82) is 0 Å². The summed E-state index contributed by atoms with van der Waals surface area (Å²) in [6, 6.07) is 7.22. The fourth-order valence-corrected chi connectivity index (χ4v) is 4.08. The molecule has 2 aliphatic heterocycles. The Balaban J connectivity index is 0.00000256. The number of amides is 1. The molecule has 0 radical (unpaired) electrons. The number of likely N-dealkylation sites (tertiary alicyclic amines) is 1. The van der Waals surface area contributed by atoms with Gasteiger partial charge in [0.25, 0.3) is 0 Å². The minimum atomic E-state index is -4.73. The molecule has 30 heavy (non-hydrogen) atoms. The molecule has 3 heterocycles. The van der Waals surface area contributed by atoms with Gasteiger partial charge in [0.05, 0.1) is 11.7 Å². The SMILES string of the molecule is Cc1cc(-c2ccc(OC(F)(F)F)cc2)nc([C@H]2CC[C@]3(CCN(C)C3=O)N2)n1.Cl. The predicted octanol–water partition coefficient (Wildman–Crippen LogP) is 3.80. The Labute approximate surface area is 178 Å². The smallest absolute Gasteiger partial charge is 0.406 e. The summed E-state index contributed by atoms with van der Waals surface area (Å²) in [6.07, 6.45) is -2.48. The van der Waals surface area contributed by atoms with Crippen LogP contribution in [0.5, 0.6) is 5.75 Å². The van der Waals surface area contributed by atoms with E-state index in [1.807, 2.05) is 6.92 Å². The summed E-state index contributed by atoms with van der Waals surface area (Å²) in [5, 5.41) is 3.44. The van der Waals surface area contributed by atoms with Crippen LogP contribution in [0.3, 0.4) is 0 Å². The number of benzene rings is 1. The number of nitrogens with one attached hydrogen (secondary N) is 1. The van der Waals surface area contributed by atoms with Crippen molar-refractivity contribution >= 4 is 18.3 Å². The van der Waals surface area contributed by atoms with Gasteiger partial charge in [0.1, 0.15) is 17.1 Å². The fraction of sp³-hybridized carbons (Fsp3) is 0.450. The van der Waals surface area contributed by atoms with E-state index < -0.39 is 11.9 Å². The van der Waals surface area contributed by atoms with Gasteiger partial charge in [0.15, 0.2) is 0 Å². The average molecular weight is 443 g/mol. The van der Waals surface area contributed by atoms with E-state index >= 15 is 0 Å². The zero-order valence-corrected chi connectivity index (χ0v) is 17.3. The Bertz CT molecular complexity index is 939. The van der Waals surface area contributed by atoms with Gasteiger partial charge in [-0.05, 0) is 56.5 Å². The van der Waals surface area contributed by atoms with E-state index in [1.165, 1.54) is 24.3 Å². The lowest BCUT2D eigenvalue weighted by atomic mass is 9.96. The molecular weight excluding hydrogens is 421 g/mol. The van der Waals surface area contributed by atoms with E-state index in [2.05, 4.69) is 20.0 Å². The molecule has 2 atom stereocenters. The van der Waals surface area contributed by atoms with Gasteiger partial charge in [-0.25, -0.2) is 9.97 Å². The number of hydrogen-bond donors (Lipinski definition) is 1. The van der Waals surface area contributed by atoms with Crippen LogP contribution >= 0.6 is 12.4 Å². The highest BCUT2D eigenvalue weighted by atomic mass is 35.5. The number of alkyl halides is 3. The summed E-state index contributed by atoms with van der Waals surface area (Å²) in [4.78, 5) is 23.4. The first-order valence-corrected chi connectivity index (χ1v) is 9.40. The van der Waals surface area contributed by atoms with Gasteiger partial charge in [-0.1, -0.05) is 0 Å². The number of ether oxygens (including phenoxy) is 1. The normalized spacial score (nSPS) is 23.7. The van der Waals surface area contributed by atoms with E-state index in [0.717, 1.165) is 31.5 Å². The number of hydrogen-bond acceptors (Lipinski definition) is 5. The van der Waals surface area contributed by atoms with E-state index in [4.69, 9.17) is 0 Å². The van der Waals surface area contributed by atoms with Crippen LogP contribution in [-0.4, -0.2) is 46.3 Å². The summed E-state index contributed by atoms with van der Waals surface area (Å²) in [7, 11) is 1.81. The third-order valence-corrected chi connectivity index (χ3v) is 5.51. The molecule has 1 aromatic carbocycles. The molecular formula is C20H22ClF3N4O2. The molecule has 1 N–H and O–H groups in total. The van der Waals surface area contributed by atoms with Crippen molar-refractivity contribution in [2.75, 3.05) is 13.6 Å². The quantitative estimate of drug-likeness (QED) is 0.783. The maximum absolute atomic E-state index is 12.5. The van der Waals surface area contributed by atoms with Crippen LogP contribution in [0.2, 0.25) is 0 Å². The predicted molar refractivity (Wildman–Crippen MR) is 106 cm³/mol. The number of halogens is 4. The molecule has 0 aliphatic carbocycles.